The van der Waals surface area contributed by atoms with Crippen LogP contribution >= 0.6 is 0 Å². The Balaban J connectivity index is 1.72. The molecular formula is C15H19FN2O3. The predicted molar refractivity (Wildman–Crippen MR) is 75.4 cm³/mol. The molecule has 3 N–H and O–H groups in total. The van der Waals surface area contributed by atoms with Crippen molar-refractivity contribution in [1.82, 2.24) is 10.6 Å². The first-order chi connectivity index (χ1) is 10.0. The maximum Gasteiger partial charge on any atom is 0.315 e. The van der Waals surface area contributed by atoms with Crippen molar-refractivity contribution in [3.63, 3.8) is 0 Å². The molecule has 0 saturated heterocycles. The molecule has 1 aromatic carbocycles. The lowest BCUT2D eigenvalue weighted by molar-refractivity contribution is -0.137. The molecule has 21 heavy (non-hydrogen) atoms. The highest BCUT2D eigenvalue weighted by molar-refractivity contribution is 5.75. The smallest absolute Gasteiger partial charge is 0.315 e. The van der Waals surface area contributed by atoms with Gasteiger partial charge < -0.3 is 15.7 Å². The number of carbonyl (C=O) groups is 2. The van der Waals surface area contributed by atoms with E-state index in [2.05, 4.69) is 10.6 Å². The number of nitrogens with one attached hydrogen (secondary N) is 2. The van der Waals surface area contributed by atoms with Crippen LogP contribution in [0.2, 0.25) is 0 Å². The highest BCUT2D eigenvalue weighted by Gasteiger charge is 2.33. The average molecular weight is 294 g/mol. The molecule has 0 bridgehead atoms. The number of rotatable bonds is 7. The molecule has 1 unspecified atom stereocenters. The normalized spacial score (nSPS) is 15.3. The molecule has 114 valence electrons. The molecule has 5 nitrogen and oxygen atoms in total. The Bertz CT molecular complexity index is 517. The Morgan fingerprint density at radius 2 is 2.14 bits per heavy atom. The van der Waals surface area contributed by atoms with Crippen LogP contribution in [-0.4, -0.2) is 29.7 Å². The minimum atomic E-state index is -0.910. The summed E-state index contributed by atoms with van der Waals surface area (Å²) in [5.74, 6) is -0.936. The molecule has 1 fully saturated rings. The average Bonchev–Trinajstić information content (AvgIpc) is 3.21. The summed E-state index contributed by atoms with van der Waals surface area (Å²) in [4.78, 5) is 22.5. The molecule has 1 aliphatic rings. The fourth-order valence-electron chi connectivity index (χ4n) is 2.25. The second kappa shape index (κ2) is 7.06. The minimum Gasteiger partial charge on any atom is -0.481 e. The zero-order valence-corrected chi connectivity index (χ0v) is 11.6. The number of halogens is 1. The molecule has 2 amide bonds. The topological polar surface area (TPSA) is 78.4 Å². The first kappa shape index (κ1) is 15.3. The number of carbonyl (C=O) groups excluding carboxylic acids is 1. The van der Waals surface area contributed by atoms with E-state index in [1.165, 1.54) is 12.1 Å². The second-order valence-electron chi connectivity index (χ2n) is 5.32. The van der Waals surface area contributed by atoms with Crippen molar-refractivity contribution in [2.75, 3.05) is 6.54 Å². The van der Waals surface area contributed by atoms with Gasteiger partial charge in [0.15, 0.2) is 0 Å². The fourth-order valence-corrected chi connectivity index (χ4v) is 2.25. The summed E-state index contributed by atoms with van der Waals surface area (Å²) in [6.45, 7) is 0.375. The number of carboxylic acid groups (broad SMARTS) is 1. The summed E-state index contributed by atoms with van der Waals surface area (Å²) in [6, 6.07) is 5.54. The molecule has 1 aromatic rings. The standard InChI is InChI=1S/C15H19FN2O3/c16-12-3-1-2-10(8-12)6-7-17-15(21)18-13(9-14(19)20)11-4-5-11/h1-3,8,11,13H,4-7,9H2,(H,19,20)(H2,17,18,21). The zero-order chi connectivity index (χ0) is 15.2. The van der Waals surface area contributed by atoms with E-state index in [1.807, 2.05) is 0 Å². The molecule has 2 rings (SSSR count). The Kier molecular flexibility index (Phi) is 5.14. The number of amides is 2. The lowest BCUT2D eigenvalue weighted by atomic mass is 10.1. The Hall–Kier alpha value is -2.11. The van der Waals surface area contributed by atoms with E-state index in [0.717, 1.165) is 18.4 Å². The van der Waals surface area contributed by atoms with Crippen LogP contribution in [0.4, 0.5) is 9.18 Å². The van der Waals surface area contributed by atoms with Crippen molar-refractivity contribution in [3.05, 3.63) is 35.6 Å². The van der Waals surface area contributed by atoms with Gasteiger partial charge in [0, 0.05) is 12.6 Å². The first-order valence-corrected chi connectivity index (χ1v) is 7.05. The molecule has 0 radical (unpaired) electrons. The highest BCUT2D eigenvalue weighted by atomic mass is 19.1. The number of aliphatic carboxylic acids is 1. The predicted octanol–water partition coefficient (Wildman–Crippen LogP) is 1.92. The summed E-state index contributed by atoms with van der Waals surface area (Å²) in [6.07, 6.45) is 2.39. The lowest BCUT2D eigenvalue weighted by Gasteiger charge is -2.16. The van der Waals surface area contributed by atoms with E-state index in [9.17, 15) is 14.0 Å². The van der Waals surface area contributed by atoms with Crippen molar-refractivity contribution in [2.24, 2.45) is 5.92 Å². The molecule has 0 aromatic heterocycles. The van der Waals surface area contributed by atoms with Gasteiger partial charge in [0.1, 0.15) is 5.82 Å². The van der Waals surface area contributed by atoms with Gasteiger partial charge in [-0.2, -0.15) is 0 Å². The quantitative estimate of drug-likeness (QED) is 0.719. The maximum atomic E-state index is 13.0. The van der Waals surface area contributed by atoms with E-state index < -0.39 is 5.97 Å². The van der Waals surface area contributed by atoms with Crippen LogP contribution in [0.25, 0.3) is 0 Å². The molecule has 1 atom stereocenters. The molecular weight excluding hydrogens is 275 g/mol. The van der Waals surface area contributed by atoms with E-state index in [0.29, 0.717) is 13.0 Å². The van der Waals surface area contributed by atoms with Crippen LogP contribution in [-0.2, 0) is 11.2 Å². The lowest BCUT2D eigenvalue weighted by Crippen LogP contribution is -2.44. The highest BCUT2D eigenvalue weighted by Crippen LogP contribution is 2.33. The van der Waals surface area contributed by atoms with Crippen LogP contribution in [0.1, 0.15) is 24.8 Å². The number of urea groups is 1. The van der Waals surface area contributed by atoms with E-state index in [4.69, 9.17) is 5.11 Å². The van der Waals surface area contributed by atoms with Crippen LogP contribution < -0.4 is 10.6 Å². The zero-order valence-electron chi connectivity index (χ0n) is 11.6. The van der Waals surface area contributed by atoms with Crippen molar-refractivity contribution in [2.45, 2.75) is 31.7 Å². The minimum absolute atomic E-state index is 0.0536. The Morgan fingerprint density at radius 1 is 1.38 bits per heavy atom. The summed E-state index contributed by atoms with van der Waals surface area (Å²) < 4.78 is 13.0. The van der Waals surface area contributed by atoms with Gasteiger partial charge in [0.05, 0.1) is 6.42 Å². The van der Waals surface area contributed by atoms with Crippen LogP contribution in [0, 0.1) is 11.7 Å². The molecule has 1 aliphatic carbocycles. The molecule has 0 spiro atoms. The van der Waals surface area contributed by atoms with Crippen molar-refractivity contribution < 1.29 is 19.1 Å². The third kappa shape index (κ3) is 5.41. The fraction of sp³-hybridized carbons (Fsp3) is 0.467. The summed E-state index contributed by atoms with van der Waals surface area (Å²) in [7, 11) is 0. The molecule has 6 heteroatoms. The Labute approximate surface area is 122 Å². The van der Waals surface area contributed by atoms with E-state index >= 15 is 0 Å². The Morgan fingerprint density at radius 3 is 2.76 bits per heavy atom. The third-order valence-electron chi connectivity index (χ3n) is 3.49. The van der Waals surface area contributed by atoms with Crippen molar-refractivity contribution in [3.8, 4) is 0 Å². The van der Waals surface area contributed by atoms with Gasteiger partial charge in [-0.25, -0.2) is 9.18 Å². The van der Waals surface area contributed by atoms with Crippen LogP contribution in [0.15, 0.2) is 24.3 Å². The van der Waals surface area contributed by atoms with Crippen molar-refractivity contribution in [1.29, 1.82) is 0 Å². The van der Waals surface area contributed by atoms with Gasteiger partial charge in [0.25, 0.3) is 0 Å². The summed E-state index contributed by atoms with van der Waals surface area (Å²) in [5, 5.41) is 14.2. The number of hydrogen-bond donors (Lipinski definition) is 3. The van der Waals surface area contributed by atoms with Gasteiger partial charge in [-0.15, -0.1) is 0 Å². The SMILES string of the molecule is O=C(O)CC(NC(=O)NCCc1cccc(F)c1)C1CC1. The summed E-state index contributed by atoms with van der Waals surface area (Å²) >= 11 is 0. The van der Waals surface area contributed by atoms with Gasteiger partial charge in [0.2, 0.25) is 0 Å². The van der Waals surface area contributed by atoms with E-state index in [-0.39, 0.29) is 30.2 Å². The monoisotopic (exact) mass is 294 g/mol. The largest absolute Gasteiger partial charge is 0.481 e. The first-order valence-electron chi connectivity index (χ1n) is 7.05. The van der Waals surface area contributed by atoms with Gasteiger partial charge in [-0.1, -0.05) is 12.1 Å². The summed E-state index contributed by atoms with van der Waals surface area (Å²) in [5.41, 5.74) is 0.805. The van der Waals surface area contributed by atoms with Crippen molar-refractivity contribution >= 4 is 12.0 Å². The maximum absolute atomic E-state index is 13.0. The second-order valence-corrected chi connectivity index (χ2v) is 5.32. The van der Waals surface area contributed by atoms with E-state index in [1.54, 1.807) is 12.1 Å². The molecule has 0 aliphatic heterocycles. The van der Waals surface area contributed by atoms with Gasteiger partial charge in [-0.3, -0.25) is 4.79 Å². The number of benzene rings is 1. The van der Waals surface area contributed by atoms with Gasteiger partial charge >= 0.3 is 12.0 Å². The molecule has 1 saturated carbocycles. The number of carboxylic acids is 1. The number of hydrogen-bond acceptors (Lipinski definition) is 2. The van der Waals surface area contributed by atoms with Gasteiger partial charge in [-0.05, 0) is 42.9 Å². The molecule has 0 heterocycles. The van der Waals surface area contributed by atoms with Crippen LogP contribution in [0.3, 0.4) is 0 Å². The van der Waals surface area contributed by atoms with Crippen LogP contribution in [0.5, 0.6) is 0 Å². The third-order valence-corrected chi connectivity index (χ3v) is 3.49.